The van der Waals surface area contributed by atoms with Crippen LogP contribution in [0.15, 0.2) is 48.9 Å². The summed E-state index contributed by atoms with van der Waals surface area (Å²) < 4.78 is 2.15. The number of H-pyrrole nitrogens is 2. The van der Waals surface area contributed by atoms with E-state index in [9.17, 15) is 0 Å². The second-order valence-corrected chi connectivity index (χ2v) is 5.59. The Balaban J connectivity index is 1.79. The molecule has 1 unspecified atom stereocenters. The van der Waals surface area contributed by atoms with Crippen molar-refractivity contribution in [2.75, 3.05) is 0 Å². The van der Waals surface area contributed by atoms with Gasteiger partial charge in [0.25, 0.3) is 0 Å². The molecule has 4 rings (SSSR count). The Hall–Kier alpha value is -2.62. The van der Waals surface area contributed by atoms with Gasteiger partial charge < -0.3 is 4.98 Å². The van der Waals surface area contributed by atoms with E-state index in [0.29, 0.717) is 0 Å². The summed E-state index contributed by atoms with van der Waals surface area (Å²) in [4.78, 5) is 7.44. The molecule has 0 bridgehead atoms. The molecule has 4 nitrogen and oxygen atoms in total. The molecular formula is C17H17N4+. The molecule has 0 amide bonds. The minimum atomic E-state index is 0.241. The van der Waals surface area contributed by atoms with E-state index in [1.165, 1.54) is 22.0 Å². The number of rotatable bonds is 2. The molecule has 104 valence electrons. The summed E-state index contributed by atoms with van der Waals surface area (Å²) in [6.07, 6.45) is 3.90. The number of imidazole rings is 1. The van der Waals surface area contributed by atoms with Crippen molar-refractivity contribution in [3.05, 3.63) is 60.0 Å². The van der Waals surface area contributed by atoms with Gasteiger partial charge in [-0.3, -0.25) is 0 Å². The molecule has 0 radical (unpaired) electrons. The Kier molecular flexibility index (Phi) is 2.57. The summed E-state index contributed by atoms with van der Waals surface area (Å²) in [6.45, 7) is 4.31. The quantitative estimate of drug-likeness (QED) is 0.543. The minimum Gasteiger partial charge on any atom is -0.345 e. The Bertz CT molecular complexity index is 932. The molecule has 4 heteroatoms. The number of hydrogen-bond donors (Lipinski definition) is 2. The molecule has 2 aromatic carbocycles. The lowest BCUT2D eigenvalue weighted by Crippen LogP contribution is -2.39. The van der Waals surface area contributed by atoms with E-state index in [4.69, 9.17) is 0 Å². The number of nitrogens with one attached hydrogen (secondary N) is 2. The van der Waals surface area contributed by atoms with Crippen LogP contribution in [0.3, 0.4) is 0 Å². The fourth-order valence-electron chi connectivity index (χ4n) is 2.78. The lowest BCUT2D eigenvalue weighted by molar-refractivity contribution is -0.760. The first-order valence-electron chi connectivity index (χ1n) is 7.14. The van der Waals surface area contributed by atoms with Gasteiger partial charge in [0.15, 0.2) is 0 Å². The van der Waals surface area contributed by atoms with Crippen LogP contribution in [-0.4, -0.2) is 15.1 Å². The molecule has 0 saturated carbocycles. The third-order valence-corrected chi connectivity index (χ3v) is 4.08. The highest BCUT2D eigenvalue weighted by atomic mass is 15.3. The van der Waals surface area contributed by atoms with Crippen LogP contribution in [-0.2, 0) is 0 Å². The zero-order valence-electron chi connectivity index (χ0n) is 12.1. The Morgan fingerprint density at radius 3 is 2.90 bits per heavy atom. The van der Waals surface area contributed by atoms with Crippen molar-refractivity contribution in [1.82, 2.24) is 15.1 Å². The summed E-state index contributed by atoms with van der Waals surface area (Å²) in [7, 11) is 0. The lowest BCUT2D eigenvalue weighted by atomic mass is 10.1. The predicted octanol–water partition coefficient (Wildman–Crippen LogP) is 3.25. The van der Waals surface area contributed by atoms with Gasteiger partial charge in [0.05, 0.1) is 22.7 Å². The van der Waals surface area contributed by atoms with E-state index in [1.807, 2.05) is 0 Å². The zero-order chi connectivity index (χ0) is 14.4. The van der Waals surface area contributed by atoms with E-state index in [-0.39, 0.29) is 6.04 Å². The molecule has 0 saturated heterocycles. The van der Waals surface area contributed by atoms with Gasteiger partial charge in [-0.15, -0.1) is 4.68 Å². The van der Waals surface area contributed by atoms with Crippen LogP contribution in [0, 0.1) is 6.92 Å². The van der Waals surface area contributed by atoms with Crippen molar-refractivity contribution in [2.45, 2.75) is 19.9 Å². The van der Waals surface area contributed by atoms with Crippen molar-refractivity contribution in [1.29, 1.82) is 0 Å². The molecule has 0 aliphatic carbocycles. The number of nitrogens with zero attached hydrogens (tertiary/aromatic N) is 2. The Morgan fingerprint density at radius 1 is 1.10 bits per heavy atom. The number of hydrogen-bond acceptors (Lipinski definition) is 1. The van der Waals surface area contributed by atoms with E-state index in [0.717, 1.165) is 11.0 Å². The molecule has 21 heavy (non-hydrogen) atoms. The second kappa shape index (κ2) is 4.45. The molecular weight excluding hydrogens is 260 g/mol. The van der Waals surface area contributed by atoms with Gasteiger partial charge in [-0.05, 0) is 36.8 Å². The number of benzene rings is 2. The first-order chi connectivity index (χ1) is 10.2. The lowest BCUT2D eigenvalue weighted by Gasteiger charge is -2.04. The van der Waals surface area contributed by atoms with E-state index in [1.54, 1.807) is 6.33 Å². The fraction of sp³-hybridized carbons (Fsp3) is 0.176. The van der Waals surface area contributed by atoms with Crippen LogP contribution in [0.2, 0.25) is 0 Å². The summed E-state index contributed by atoms with van der Waals surface area (Å²) in [5.41, 5.74) is 5.77. The number of aromatic amines is 2. The van der Waals surface area contributed by atoms with Crippen LogP contribution in [0.25, 0.3) is 21.9 Å². The standard InChI is InChI=1S/C17H16N4/c1-11-3-4-14-9-21(20-16(14)7-11)12(2)13-5-6-15-17(8-13)19-10-18-15/h3-10,12H,1-2H3,(H,18,19)/p+1. The summed E-state index contributed by atoms with van der Waals surface area (Å²) >= 11 is 0. The SMILES string of the molecule is Cc1ccc2c[n+](C(C)c3ccc4nc[nH]c4c3)[nH]c2c1. The van der Waals surface area contributed by atoms with Gasteiger partial charge in [0, 0.05) is 12.5 Å². The van der Waals surface area contributed by atoms with Gasteiger partial charge in [0.1, 0.15) is 5.52 Å². The number of aromatic nitrogens is 4. The van der Waals surface area contributed by atoms with Gasteiger partial charge in [0.2, 0.25) is 12.2 Å². The van der Waals surface area contributed by atoms with Gasteiger partial charge >= 0.3 is 0 Å². The van der Waals surface area contributed by atoms with Crippen molar-refractivity contribution < 1.29 is 4.68 Å². The van der Waals surface area contributed by atoms with Crippen LogP contribution >= 0.6 is 0 Å². The summed E-state index contributed by atoms with van der Waals surface area (Å²) in [5, 5.41) is 4.70. The topological polar surface area (TPSA) is 48.4 Å². The first kappa shape index (κ1) is 12.1. The fourth-order valence-corrected chi connectivity index (χ4v) is 2.78. The van der Waals surface area contributed by atoms with Crippen LogP contribution in [0.4, 0.5) is 0 Å². The van der Waals surface area contributed by atoms with Crippen LogP contribution in [0.1, 0.15) is 24.1 Å². The Morgan fingerprint density at radius 2 is 2.00 bits per heavy atom. The van der Waals surface area contributed by atoms with Crippen molar-refractivity contribution >= 4 is 21.9 Å². The van der Waals surface area contributed by atoms with E-state index < -0.39 is 0 Å². The maximum atomic E-state index is 4.27. The molecule has 1 atom stereocenters. The van der Waals surface area contributed by atoms with E-state index in [2.05, 4.69) is 76.2 Å². The van der Waals surface area contributed by atoms with Crippen molar-refractivity contribution in [3.63, 3.8) is 0 Å². The maximum absolute atomic E-state index is 4.27. The highest BCUT2D eigenvalue weighted by Gasteiger charge is 2.19. The molecule has 0 aliphatic rings. The zero-order valence-corrected chi connectivity index (χ0v) is 12.1. The summed E-state index contributed by atoms with van der Waals surface area (Å²) in [5.74, 6) is 0. The minimum absolute atomic E-state index is 0.241. The average Bonchev–Trinajstić information content (AvgIpc) is 3.11. The predicted molar refractivity (Wildman–Crippen MR) is 83.1 cm³/mol. The third-order valence-electron chi connectivity index (χ3n) is 4.08. The monoisotopic (exact) mass is 277 g/mol. The first-order valence-corrected chi connectivity index (χ1v) is 7.14. The van der Waals surface area contributed by atoms with Gasteiger partial charge in [-0.2, -0.15) is 5.10 Å². The van der Waals surface area contributed by atoms with Gasteiger partial charge in [-0.25, -0.2) is 4.98 Å². The van der Waals surface area contributed by atoms with Crippen LogP contribution < -0.4 is 4.68 Å². The second-order valence-electron chi connectivity index (χ2n) is 5.59. The average molecular weight is 277 g/mol. The normalized spacial score (nSPS) is 13.0. The molecule has 0 fully saturated rings. The molecule has 4 aromatic rings. The Labute approximate surface area is 122 Å². The highest BCUT2D eigenvalue weighted by Crippen LogP contribution is 2.19. The van der Waals surface area contributed by atoms with Gasteiger partial charge in [-0.1, -0.05) is 12.1 Å². The highest BCUT2D eigenvalue weighted by molar-refractivity contribution is 5.77. The smallest absolute Gasteiger partial charge is 0.204 e. The summed E-state index contributed by atoms with van der Waals surface area (Å²) in [6, 6.07) is 13.1. The number of fused-ring (bicyclic) bond motifs is 2. The van der Waals surface area contributed by atoms with Crippen LogP contribution in [0.5, 0.6) is 0 Å². The maximum Gasteiger partial charge on any atom is 0.204 e. The van der Waals surface area contributed by atoms with Crippen molar-refractivity contribution in [3.8, 4) is 0 Å². The largest absolute Gasteiger partial charge is 0.345 e. The molecule has 0 spiro atoms. The molecule has 2 aromatic heterocycles. The molecule has 0 aliphatic heterocycles. The molecule has 2 heterocycles. The molecule has 2 N–H and O–H groups in total. The third kappa shape index (κ3) is 2.00. The van der Waals surface area contributed by atoms with E-state index >= 15 is 0 Å². The number of aryl methyl sites for hydroxylation is 1. The van der Waals surface area contributed by atoms with Crippen molar-refractivity contribution in [2.24, 2.45) is 0 Å².